The van der Waals surface area contributed by atoms with Gasteiger partial charge in [-0.05, 0) is 66.9 Å². The number of hydrogen-bond acceptors (Lipinski definition) is 5. The van der Waals surface area contributed by atoms with Gasteiger partial charge in [-0.3, -0.25) is 4.98 Å². The summed E-state index contributed by atoms with van der Waals surface area (Å²) in [6.07, 6.45) is 5.31. The Morgan fingerprint density at radius 2 is 1.81 bits per heavy atom. The Morgan fingerprint density at radius 1 is 1.22 bits per heavy atom. The molecule has 27 heavy (non-hydrogen) atoms. The van der Waals surface area contributed by atoms with Gasteiger partial charge in [0.05, 0.1) is 17.7 Å². The second-order valence-electron chi connectivity index (χ2n) is 9.55. The second-order valence-corrected chi connectivity index (χ2v) is 9.55. The van der Waals surface area contributed by atoms with Gasteiger partial charge in [-0.2, -0.15) is 0 Å². The van der Waals surface area contributed by atoms with Crippen LogP contribution in [0.5, 0.6) is 0 Å². The zero-order valence-electron chi connectivity index (χ0n) is 17.5. The summed E-state index contributed by atoms with van der Waals surface area (Å²) in [6, 6.07) is 2.26. The van der Waals surface area contributed by atoms with Gasteiger partial charge in [0.25, 0.3) is 0 Å². The molecule has 1 aliphatic heterocycles. The highest BCUT2D eigenvalue weighted by molar-refractivity contribution is 6.62. The number of rotatable bonds is 4. The van der Waals surface area contributed by atoms with Gasteiger partial charge in [0.15, 0.2) is 0 Å². The molecule has 2 aliphatic rings. The van der Waals surface area contributed by atoms with E-state index < -0.39 is 23.9 Å². The van der Waals surface area contributed by atoms with E-state index in [1.807, 2.05) is 54.5 Å². The topological polar surface area (TPSA) is 60.9 Å². The third-order valence-corrected chi connectivity index (χ3v) is 5.31. The first kappa shape index (κ1) is 20.1. The van der Waals surface area contributed by atoms with Gasteiger partial charge >= 0.3 is 13.2 Å². The number of carbonyl (C=O) groups is 1. The van der Waals surface area contributed by atoms with E-state index in [1.165, 1.54) is 0 Å². The fraction of sp³-hybridized carbons (Fsp3) is 0.700. The third-order valence-electron chi connectivity index (χ3n) is 5.31. The van der Waals surface area contributed by atoms with Gasteiger partial charge in [-0.15, -0.1) is 0 Å². The second kappa shape index (κ2) is 6.78. The SMILES string of the molecule is CC(C)(C)OC(=O)N(Cc1cncc(B2OC(C)(C)C(C)(C)O2)c1)C1CC1. The summed E-state index contributed by atoms with van der Waals surface area (Å²) in [4.78, 5) is 18.7. The zero-order valence-corrected chi connectivity index (χ0v) is 17.5. The van der Waals surface area contributed by atoms with Gasteiger partial charge in [0.2, 0.25) is 0 Å². The third kappa shape index (κ3) is 4.64. The Bertz CT molecular complexity index is 694. The van der Waals surface area contributed by atoms with Crippen LogP contribution in [0.25, 0.3) is 0 Å². The quantitative estimate of drug-likeness (QED) is 0.757. The van der Waals surface area contributed by atoms with Gasteiger partial charge in [0, 0.05) is 23.9 Å². The fourth-order valence-corrected chi connectivity index (χ4v) is 2.95. The van der Waals surface area contributed by atoms with Crippen molar-refractivity contribution < 1.29 is 18.8 Å². The average molecular weight is 374 g/mol. The molecule has 0 bridgehead atoms. The number of aromatic nitrogens is 1. The molecule has 2 fully saturated rings. The highest BCUT2D eigenvalue weighted by atomic mass is 16.7. The molecule has 0 N–H and O–H groups in total. The van der Waals surface area contributed by atoms with Crippen molar-refractivity contribution in [1.29, 1.82) is 0 Å². The Kier molecular flexibility index (Phi) is 5.06. The lowest BCUT2D eigenvalue weighted by molar-refractivity contribution is 0.00578. The fourth-order valence-electron chi connectivity index (χ4n) is 2.95. The largest absolute Gasteiger partial charge is 0.496 e. The number of ether oxygens (including phenoxy) is 1. The molecule has 3 rings (SSSR count). The molecular weight excluding hydrogens is 343 g/mol. The molecule has 1 amide bonds. The van der Waals surface area contributed by atoms with Gasteiger partial charge < -0.3 is 18.9 Å². The van der Waals surface area contributed by atoms with E-state index >= 15 is 0 Å². The van der Waals surface area contributed by atoms with E-state index in [9.17, 15) is 4.79 Å². The monoisotopic (exact) mass is 374 g/mol. The molecule has 7 heteroatoms. The summed E-state index contributed by atoms with van der Waals surface area (Å²) < 4.78 is 17.8. The molecule has 0 unspecified atom stereocenters. The van der Waals surface area contributed by atoms with Crippen LogP contribution in [0.4, 0.5) is 4.79 Å². The maximum Gasteiger partial charge on any atom is 0.496 e. The van der Waals surface area contributed by atoms with Crippen LogP contribution >= 0.6 is 0 Å². The highest BCUT2D eigenvalue weighted by Crippen LogP contribution is 2.36. The van der Waals surface area contributed by atoms with Crippen molar-refractivity contribution in [3.05, 3.63) is 24.0 Å². The van der Waals surface area contributed by atoms with E-state index in [1.54, 1.807) is 17.3 Å². The molecular formula is C20H31BN2O4. The van der Waals surface area contributed by atoms with Crippen LogP contribution in [-0.4, -0.2) is 45.9 Å². The van der Waals surface area contributed by atoms with E-state index in [-0.39, 0.29) is 12.1 Å². The Morgan fingerprint density at radius 3 is 2.33 bits per heavy atom. The smallest absolute Gasteiger partial charge is 0.444 e. The molecule has 148 valence electrons. The molecule has 1 saturated carbocycles. The average Bonchev–Trinajstić information content (AvgIpc) is 3.31. The molecule has 6 nitrogen and oxygen atoms in total. The lowest BCUT2D eigenvalue weighted by Crippen LogP contribution is -2.41. The molecule has 0 atom stereocenters. The predicted octanol–water partition coefficient (Wildman–Crippen LogP) is 3.28. The van der Waals surface area contributed by atoms with Crippen LogP contribution in [0, 0.1) is 0 Å². The van der Waals surface area contributed by atoms with Crippen molar-refractivity contribution in [2.75, 3.05) is 0 Å². The van der Waals surface area contributed by atoms with Crippen molar-refractivity contribution in [2.45, 2.75) is 90.7 Å². The standard InChI is InChI=1S/C20H31BN2O4/c1-18(2,3)25-17(24)23(16-8-9-16)13-14-10-15(12-22-11-14)21-26-19(4,5)20(6,7)27-21/h10-12,16H,8-9,13H2,1-7H3. The van der Waals surface area contributed by atoms with Crippen LogP contribution in [0.3, 0.4) is 0 Å². The molecule has 1 aliphatic carbocycles. The zero-order chi connectivity index (χ0) is 20.0. The van der Waals surface area contributed by atoms with Gasteiger partial charge in [-0.1, -0.05) is 6.07 Å². The highest BCUT2D eigenvalue weighted by Gasteiger charge is 2.51. The number of pyridine rings is 1. The van der Waals surface area contributed by atoms with Crippen LogP contribution < -0.4 is 5.46 Å². The molecule has 0 spiro atoms. The van der Waals surface area contributed by atoms with E-state index in [0.717, 1.165) is 23.9 Å². The summed E-state index contributed by atoms with van der Waals surface area (Å²) in [7, 11) is -0.460. The van der Waals surface area contributed by atoms with Gasteiger partial charge in [-0.25, -0.2) is 4.79 Å². The number of nitrogens with zero attached hydrogens (tertiary/aromatic N) is 2. The maximum atomic E-state index is 12.6. The number of amides is 1. The Balaban J connectivity index is 1.74. The minimum absolute atomic E-state index is 0.250. The first-order valence-electron chi connectivity index (χ1n) is 9.67. The minimum atomic E-state index is -0.507. The molecule has 2 heterocycles. The van der Waals surface area contributed by atoms with Gasteiger partial charge in [0.1, 0.15) is 5.60 Å². The van der Waals surface area contributed by atoms with Crippen LogP contribution in [0.2, 0.25) is 0 Å². The normalized spacial score (nSPS) is 21.2. The van der Waals surface area contributed by atoms with Crippen LogP contribution in [0.1, 0.15) is 66.9 Å². The Labute approximate surface area is 162 Å². The summed E-state index contributed by atoms with van der Waals surface area (Å²) >= 11 is 0. The summed E-state index contributed by atoms with van der Waals surface area (Å²) in [5, 5.41) is 0. The molecule has 0 aromatic carbocycles. The molecule has 1 saturated heterocycles. The summed E-state index contributed by atoms with van der Waals surface area (Å²) in [5.74, 6) is 0. The Hall–Kier alpha value is -1.60. The lowest BCUT2D eigenvalue weighted by atomic mass is 9.80. The van der Waals surface area contributed by atoms with Crippen molar-refractivity contribution >= 4 is 18.7 Å². The number of hydrogen-bond donors (Lipinski definition) is 0. The maximum absolute atomic E-state index is 12.6. The lowest BCUT2D eigenvalue weighted by Gasteiger charge is -2.32. The van der Waals surface area contributed by atoms with E-state index in [4.69, 9.17) is 14.0 Å². The van der Waals surface area contributed by atoms with Crippen LogP contribution in [-0.2, 0) is 20.6 Å². The molecule has 1 aromatic rings. The van der Waals surface area contributed by atoms with Crippen molar-refractivity contribution in [2.24, 2.45) is 0 Å². The molecule has 0 radical (unpaired) electrons. The van der Waals surface area contributed by atoms with Crippen LogP contribution in [0.15, 0.2) is 18.5 Å². The van der Waals surface area contributed by atoms with E-state index in [0.29, 0.717) is 6.54 Å². The van der Waals surface area contributed by atoms with Crippen molar-refractivity contribution in [3.8, 4) is 0 Å². The van der Waals surface area contributed by atoms with E-state index in [2.05, 4.69) is 4.98 Å². The minimum Gasteiger partial charge on any atom is -0.444 e. The number of carbonyl (C=O) groups excluding carboxylic acids is 1. The van der Waals surface area contributed by atoms with Crippen molar-refractivity contribution in [3.63, 3.8) is 0 Å². The summed E-state index contributed by atoms with van der Waals surface area (Å²) in [5.41, 5.74) is 0.507. The summed E-state index contributed by atoms with van der Waals surface area (Å²) in [6.45, 7) is 14.2. The first-order valence-corrected chi connectivity index (χ1v) is 9.67. The first-order chi connectivity index (χ1) is 12.4. The molecule has 1 aromatic heterocycles. The predicted molar refractivity (Wildman–Crippen MR) is 105 cm³/mol. The van der Waals surface area contributed by atoms with Crippen molar-refractivity contribution in [1.82, 2.24) is 9.88 Å².